The highest BCUT2D eigenvalue weighted by atomic mass is 19.1. The zero-order valence-corrected chi connectivity index (χ0v) is 12.6. The average Bonchev–Trinajstić information content (AvgIpc) is 2.44. The van der Waals surface area contributed by atoms with E-state index in [4.69, 9.17) is 0 Å². The van der Waals surface area contributed by atoms with Crippen LogP contribution in [0.15, 0.2) is 42.5 Å². The summed E-state index contributed by atoms with van der Waals surface area (Å²) >= 11 is 0. The topological polar surface area (TPSA) is 29.1 Å². The number of rotatable bonds is 4. The van der Waals surface area contributed by atoms with E-state index >= 15 is 0 Å². The van der Waals surface area contributed by atoms with Crippen molar-refractivity contribution in [2.24, 2.45) is 0 Å². The molecule has 0 fully saturated rings. The Bertz CT molecular complexity index is 651. The first-order valence-corrected chi connectivity index (χ1v) is 7.09. The Kier molecular flexibility index (Phi) is 4.73. The first-order chi connectivity index (χ1) is 9.97. The van der Waals surface area contributed by atoms with Gasteiger partial charge in [-0.05, 0) is 62.1 Å². The molecule has 21 heavy (non-hydrogen) atoms. The molecule has 1 atom stereocenters. The van der Waals surface area contributed by atoms with E-state index in [2.05, 4.69) is 24.4 Å². The van der Waals surface area contributed by atoms with E-state index in [1.807, 2.05) is 19.1 Å². The molecule has 2 nitrogen and oxygen atoms in total. The molecule has 0 heterocycles. The van der Waals surface area contributed by atoms with Crippen molar-refractivity contribution in [1.82, 2.24) is 5.32 Å². The van der Waals surface area contributed by atoms with Crippen LogP contribution < -0.4 is 5.32 Å². The van der Waals surface area contributed by atoms with Crippen LogP contribution in [0.3, 0.4) is 0 Å². The van der Waals surface area contributed by atoms with Crippen LogP contribution >= 0.6 is 0 Å². The second kappa shape index (κ2) is 6.53. The summed E-state index contributed by atoms with van der Waals surface area (Å²) in [5, 5.41) is 2.96. The molecule has 0 aliphatic heterocycles. The van der Waals surface area contributed by atoms with Gasteiger partial charge in [-0.1, -0.05) is 24.3 Å². The third kappa shape index (κ3) is 3.91. The highest BCUT2D eigenvalue weighted by Crippen LogP contribution is 2.12. The van der Waals surface area contributed by atoms with E-state index in [1.54, 1.807) is 13.0 Å². The Morgan fingerprint density at radius 3 is 2.52 bits per heavy atom. The summed E-state index contributed by atoms with van der Waals surface area (Å²) in [7, 11) is 0. The molecule has 3 heteroatoms. The highest BCUT2D eigenvalue weighted by Gasteiger charge is 2.12. The fourth-order valence-corrected chi connectivity index (χ4v) is 2.31. The van der Waals surface area contributed by atoms with Crippen molar-refractivity contribution < 1.29 is 9.18 Å². The fraction of sp³-hybridized carbons (Fsp3) is 0.278. The van der Waals surface area contributed by atoms with Crippen molar-refractivity contribution in [3.05, 3.63) is 70.5 Å². The van der Waals surface area contributed by atoms with E-state index in [-0.39, 0.29) is 17.8 Å². The van der Waals surface area contributed by atoms with Gasteiger partial charge in [0.25, 0.3) is 5.91 Å². The molecule has 2 rings (SSSR count). The summed E-state index contributed by atoms with van der Waals surface area (Å²) < 4.78 is 13.2. The Morgan fingerprint density at radius 2 is 1.86 bits per heavy atom. The van der Waals surface area contributed by atoms with Crippen molar-refractivity contribution in [3.8, 4) is 0 Å². The van der Waals surface area contributed by atoms with Crippen LogP contribution in [0.5, 0.6) is 0 Å². The van der Waals surface area contributed by atoms with Gasteiger partial charge in [-0.3, -0.25) is 4.79 Å². The number of benzene rings is 2. The molecule has 0 spiro atoms. The van der Waals surface area contributed by atoms with Crippen molar-refractivity contribution >= 4 is 5.91 Å². The van der Waals surface area contributed by atoms with E-state index in [1.165, 1.54) is 23.3 Å². The van der Waals surface area contributed by atoms with Gasteiger partial charge >= 0.3 is 0 Å². The number of hydrogen-bond acceptors (Lipinski definition) is 1. The molecule has 1 amide bonds. The number of carbonyl (C=O) groups is 1. The first-order valence-electron chi connectivity index (χ1n) is 7.09. The van der Waals surface area contributed by atoms with Gasteiger partial charge in [-0.25, -0.2) is 4.39 Å². The first kappa shape index (κ1) is 15.2. The second-order valence-electron chi connectivity index (χ2n) is 5.47. The van der Waals surface area contributed by atoms with Gasteiger partial charge in [0, 0.05) is 11.6 Å². The number of aryl methyl sites for hydroxylation is 2. The van der Waals surface area contributed by atoms with Gasteiger partial charge in [0.1, 0.15) is 5.82 Å². The average molecular weight is 285 g/mol. The number of hydrogen-bond donors (Lipinski definition) is 1. The van der Waals surface area contributed by atoms with E-state index in [0.717, 1.165) is 6.42 Å². The standard InChI is InChI=1S/C18H20FNO/c1-12-6-4-5-7-15(12)11-14(3)20-18(21)16-8-9-17(19)13(2)10-16/h4-10,14H,11H2,1-3H3,(H,20,21). The number of carbonyl (C=O) groups excluding carboxylic acids is 1. The molecular weight excluding hydrogens is 265 g/mol. The molecule has 1 N–H and O–H groups in total. The molecule has 2 aromatic carbocycles. The summed E-state index contributed by atoms with van der Waals surface area (Å²) in [6.45, 7) is 5.69. The van der Waals surface area contributed by atoms with Crippen molar-refractivity contribution in [3.63, 3.8) is 0 Å². The number of amides is 1. The summed E-state index contributed by atoms with van der Waals surface area (Å²) in [4.78, 5) is 12.2. The summed E-state index contributed by atoms with van der Waals surface area (Å²) in [6.07, 6.45) is 0.776. The van der Waals surface area contributed by atoms with Gasteiger partial charge in [0.15, 0.2) is 0 Å². The van der Waals surface area contributed by atoms with Gasteiger partial charge in [-0.2, -0.15) is 0 Å². The summed E-state index contributed by atoms with van der Waals surface area (Å²) in [6, 6.07) is 12.6. The molecule has 110 valence electrons. The number of nitrogens with one attached hydrogen (secondary N) is 1. The van der Waals surface area contributed by atoms with Crippen LogP contribution in [-0.2, 0) is 6.42 Å². The van der Waals surface area contributed by atoms with Crippen molar-refractivity contribution in [2.45, 2.75) is 33.2 Å². The molecular formula is C18H20FNO. The minimum Gasteiger partial charge on any atom is -0.349 e. The third-order valence-electron chi connectivity index (χ3n) is 3.58. The van der Waals surface area contributed by atoms with E-state index < -0.39 is 0 Å². The van der Waals surface area contributed by atoms with Crippen LogP contribution in [0, 0.1) is 19.7 Å². The largest absolute Gasteiger partial charge is 0.349 e. The molecule has 1 unspecified atom stereocenters. The monoisotopic (exact) mass is 285 g/mol. The Labute approximate surface area is 125 Å². The lowest BCUT2D eigenvalue weighted by atomic mass is 10.0. The van der Waals surface area contributed by atoms with E-state index in [9.17, 15) is 9.18 Å². The lowest BCUT2D eigenvalue weighted by Crippen LogP contribution is -2.34. The third-order valence-corrected chi connectivity index (χ3v) is 3.58. The lowest BCUT2D eigenvalue weighted by Gasteiger charge is -2.15. The van der Waals surface area contributed by atoms with E-state index in [0.29, 0.717) is 11.1 Å². The maximum absolute atomic E-state index is 13.2. The highest BCUT2D eigenvalue weighted by molar-refractivity contribution is 5.94. The quantitative estimate of drug-likeness (QED) is 0.909. The molecule has 0 aromatic heterocycles. The van der Waals surface area contributed by atoms with Crippen LogP contribution in [0.1, 0.15) is 34.0 Å². The predicted molar refractivity (Wildman–Crippen MR) is 82.9 cm³/mol. The maximum atomic E-state index is 13.2. The molecule has 0 bridgehead atoms. The Balaban J connectivity index is 2.02. The minimum absolute atomic E-state index is 0.0176. The SMILES string of the molecule is Cc1cc(C(=O)NC(C)Cc2ccccc2C)ccc1F. The zero-order valence-electron chi connectivity index (χ0n) is 12.6. The molecule has 0 saturated carbocycles. The van der Waals surface area contributed by atoms with Gasteiger partial charge in [0.05, 0.1) is 0 Å². The van der Waals surface area contributed by atoms with Gasteiger partial charge < -0.3 is 5.32 Å². The second-order valence-corrected chi connectivity index (χ2v) is 5.47. The van der Waals surface area contributed by atoms with Crippen LogP contribution in [0.25, 0.3) is 0 Å². The lowest BCUT2D eigenvalue weighted by molar-refractivity contribution is 0.0940. The summed E-state index contributed by atoms with van der Waals surface area (Å²) in [5.41, 5.74) is 3.41. The van der Waals surface area contributed by atoms with Gasteiger partial charge in [-0.15, -0.1) is 0 Å². The fourth-order valence-electron chi connectivity index (χ4n) is 2.31. The van der Waals surface area contributed by atoms with Crippen LogP contribution in [0.2, 0.25) is 0 Å². The maximum Gasteiger partial charge on any atom is 0.251 e. The Morgan fingerprint density at radius 1 is 1.14 bits per heavy atom. The minimum atomic E-state index is -0.292. The molecule has 0 saturated heterocycles. The number of halogens is 1. The smallest absolute Gasteiger partial charge is 0.251 e. The van der Waals surface area contributed by atoms with Crippen LogP contribution in [-0.4, -0.2) is 11.9 Å². The molecule has 0 aliphatic carbocycles. The molecule has 0 aliphatic rings. The predicted octanol–water partition coefficient (Wildman–Crippen LogP) is 3.80. The zero-order chi connectivity index (χ0) is 15.4. The summed E-state index contributed by atoms with van der Waals surface area (Å²) in [5.74, 6) is -0.460. The van der Waals surface area contributed by atoms with Gasteiger partial charge in [0.2, 0.25) is 0 Å². The van der Waals surface area contributed by atoms with Crippen LogP contribution in [0.4, 0.5) is 4.39 Å². The van der Waals surface area contributed by atoms with Crippen molar-refractivity contribution in [2.75, 3.05) is 0 Å². The molecule has 2 aromatic rings. The Hall–Kier alpha value is -2.16. The normalized spacial score (nSPS) is 12.0. The molecule has 0 radical (unpaired) electrons. The van der Waals surface area contributed by atoms with Crippen molar-refractivity contribution in [1.29, 1.82) is 0 Å².